The molecule has 84 valence electrons. The summed E-state index contributed by atoms with van der Waals surface area (Å²) in [5.41, 5.74) is 6.31. The molecular weight excluding hydrogens is 203 g/mol. The third-order valence-corrected chi connectivity index (χ3v) is 2.39. The first kappa shape index (κ1) is 12.0. The molecule has 0 spiro atoms. The second-order valence-corrected chi connectivity index (χ2v) is 3.43. The van der Waals surface area contributed by atoms with Crippen molar-refractivity contribution in [1.29, 1.82) is 0 Å². The zero-order chi connectivity index (χ0) is 11.5. The van der Waals surface area contributed by atoms with E-state index in [0.29, 0.717) is 0 Å². The van der Waals surface area contributed by atoms with Gasteiger partial charge in [0.1, 0.15) is 0 Å². The van der Waals surface area contributed by atoms with Gasteiger partial charge in [-0.25, -0.2) is 0 Å². The van der Waals surface area contributed by atoms with Gasteiger partial charge in [-0.15, -0.1) is 0 Å². The Morgan fingerprint density at radius 1 is 1.33 bits per heavy atom. The molecule has 1 unspecified atom stereocenters. The summed E-state index contributed by atoms with van der Waals surface area (Å²) in [7, 11) is 0. The van der Waals surface area contributed by atoms with Crippen LogP contribution in [-0.4, -0.2) is 12.7 Å². The lowest BCUT2D eigenvalue weighted by Gasteiger charge is -2.19. The van der Waals surface area contributed by atoms with E-state index in [1.807, 2.05) is 13.0 Å². The Labute approximate surface area is 87.1 Å². The van der Waals surface area contributed by atoms with Crippen molar-refractivity contribution in [2.24, 2.45) is 5.73 Å². The molecular formula is C11H14F3N. The van der Waals surface area contributed by atoms with Crippen molar-refractivity contribution >= 4 is 0 Å². The molecule has 0 aromatic heterocycles. The molecule has 15 heavy (non-hydrogen) atoms. The standard InChI is InChI=1S/C11H14F3N/c1-2-8-4-3-5-9(6-8)10(7-15)11(12,13)14/h3-6,10H,2,7,15H2,1H3. The fraction of sp³-hybridized carbons (Fsp3) is 0.455. The van der Waals surface area contributed by atoms with Crippen LogP contribution in [0, 0.1) is 0 Å². The van der Waals surface area contributed by atoms with Gasteiger partial charge in [-0.05, 0) is 17.5 Å². The van der Waals surface area contributed by atoms with Gasteiger partial charge in [0.05, 0.1) is 5.92 Å². The normalized spacial score (nSPS) is 13.9. The Kier molecular flexibility index (Phi) is 3.74. The van der Waals surface area contributed by atoms with Crippen LogP contribution in [0.4, 0.5) is 13.2 Å². The number of halogens is 3. The highest BCUT2D eigenvalue weighted by Gasteiger charge is 2.39. The molecule has 1 nitrogen and oxygen atoms in total. The van der Waals surface area contributed by atoms with Crippen LogP contribution in [0.3, 0.4) is 0 Å². The molecule has 0 heterocycles. The van der Waals surface area contributed by atoms with Crippen molar-refractivity contribution in [2.75, 3.05) is 6.54 Å². The zero-order valence-corrected chi connectivity index (χ0v) is 8.51. The molecule has 0 saturated heterocycles. The van der Waals surface area contributed by atoms with Crippen LogP contribution in [0.2, 0.25) is 0 Å². The van der Waals surface area contributed by atoms with E-state index in [-0.39, 0.29) is 5.56 Å². The Hall–Kier alpha value is -1.03. The maximum absolute atomic E-state index is 12.6. The van der Waals surface area contributed by atoms with Gasteiger partial charge in [-0.3, -0.25) is 0 Å². The molecule has 2 N–H and O–H groups in total. The van der Waals surface area contributed by atoms with Crippen molar-refractivity contribution < 1.29 is 13.2 Å². The van der Waals surface area contributed by atoms with E-state index in [9.17, 15) is 13.2 Å². The highest BCUT2D eigenvalue weighted by molar-refractivity contribution is 5.27. The summed E-state index contributed by atoms with van der Waals surface area (Å²) < 4.78 is 37.7. The molecule has 0 aliphatic carbocycles. The van der Waals surface area contributed by atoms with E-state index in [0.717, 1.165) is 12.0 Å². The van der Waals surface area contributed by atoms with Gasteiger partial charge in [0.25, 0.3) is 0 Å². The zero-order valence-electron chi connectivity index (χ0n) is 8.51. The first-order valence-electron chi connectivity index (χ1n) is 4.84. The predicted molar refractivity (Wildman–Crippen MR) is 53.7 cm³/mol. The Bertz CT molecular complexity index is 320. The molecule has 0 saturated carbocycles. The number of hydrogen-bond acceptors (Lipinski definition) is 1. The number of nitrogens with two attached hydrogens (primary N) is 1. The van der Waals surface area contributed by atoms with Gasteiger partial charge >= 0.3 is 6.18 Å². The minimum absolute atomic E-state index is 0.254. The lowest BCUT2D eigenvalue weighted by atomic mass is 9.96. The van der Waals surface area contributed by atoms with Gasteiger partial charge in [0, 0.05) is 6.54 Å². The third kappa shape index (κ3) is 2.96. The fourth-order valence-electron chi connectivity index (χ4n) is 1.49. The monoisotopic (exact) mass is 217 g/mol. The molecule has 1 aromatic rings. The molecule has 0 radical (unpaired) electrons. The molecule has 0 aliphatic heterocycles. The van der Waals surface area contributed by atoms with Gasteiger partial charge in [0.15, 0.2) is 0 Å². The summed E-state index contributed by atoms with van der Waals surface area (Å²) in [5.74, 6) is -1.55. The lowest BCUT2D eigenvalue weighted by Crippen LogP contribution is -2.28. The summed E-state index contributed by atoms with van der Waals surface area (Å²) in [6.45, 7) is 1.50. The maximum Gasteiger partial charge on any atom is 0.396 e. The molecule has 0 aliphatic rings. The number of alkyl halides is 3. The van der Waals surface area contributed by atoms with Crippen molar-refractivity contribution in [2.45, 2.75) is 25.4 Å². The van der Waals surface area contributed by atoms with E-state index < -0.39 is 18.6 Å². The van der Waals surface area contributed by atoms with Crippen LogP contribution < -0.4 is 5.73 Å². The number of hydrogen-bond donors (Lipinski definition) is 1. The Balaban J connectivity index is 3.02. The van der Waals surface area contributed by atoms with Crippen molar-refractivity contribution in [3.8, 4) is 0 Å². The molecule has 4 heteroatoms. The number of rotatable bonds is 3. The first-order valence-corrected chi connectivity index (χ1v) is 4.84. The second-order valence-electron chi connectivity index (χ2n) is 3.43. The molecule has 1 rings (SSSR count). The third-order valence-electron chi connectivity index (χ3n) is 2.39. The van der Waals surface area contributed by atoms with Crippen molar-refractivity contribution in [1.82, 2.24) is 0 Å². The van der Waals surface area contributed by atoms with Gasteiger partial charge in [-0.2, -0.15) is 13.2 Å². The van der Waals surface area contributed by atoms with E-state index in [4.69, 9.17) is 5.73 Å². The number of benzene rings is 1. The fourth-order valence-corrected chi connectivity index (χ4v) is 1.49. The Morgan fingerprint density at radius 2 is 2.00 bits per heavy atom. The first-order chi connectivity index (χ1) is 6.99. The van der Waals surface area contributed by atoms with Crippen LogP contribution >= 0.6 is 0 Å². The SMILES string of the molecule is CCc1cccc(C(CN)C(F)(F)F)c1. The summed E-state index contributed by atoms with van der Waals surface area (Å²) in [5, 5.41) is 0. The molecule has 0 bridgehead atoms. The molecule has 1 aromatic carbocycles. The van der Waals surface area contributed by atoms with Gasteiger partial charge < -0.3 is 5.73 Å². The molecule has 0 fully saturated rings. The van der Waals surface area contributed by atoms with Crippen molar-refractivity contribution in [3.63, 3.8) is 0 Å². The smallest absolute Gasteiger partial charge is 0.330 e. The van der Waals surface area contributed by atoms with Gasteiger partial charge in [-0.1, -0.05) is 31.2 Å². The topological polar surface area (TPSA) is 26.0 Å². The summed E-state index contributed by atoms with van der Waals surface area (Å²) in [6, 6.07) is 6.51. The van der Waals surface area contributed by atoms with Crippen LogP contribution in [-0.2, 0) is 6.42 Å². The Morgan fingerprint density at radius 3 is 2.47 bits per heavy atom. The number of aryl methyl sites for hydroxylation is 1. The minimum atomic E-state index is -4.26. The summed E-state index contributed by atoms with van der Waals surface area (Å²) >= 11 is 0. The predicted octanol–water partition coefficient (Wildman–Crippen LogP) is 2.85. The highest BCUT2D eigenvalue weighted by atomic mass is 19.4. The van der Waals surface area contributed by atoms with Crippen LogP contribution in [0.25, 0.3) is 0 Å². The minimum Gasteiger partial charge on any atom is -0.330 e. The van der Waals surface area contributed by atoms with Crippen molar-refractivity contribution in [3.05, 3.63) is 35.4 Å². The summed E-state index contributed by atoms with van der Waals surface area (Å²) in [6.07, 6.45) is -3.54. The molecule has 1 atom stereocenters. The molecule has 0 amide bonds. The average molecular weight is 217 g/mol. The van der Waals surface area contributed by atoms with E-state index in [2.05, 4.69) is 0 Å². The van der Waals surface area contributed by atoms with Gasteiger partial charge in [0.2, 0.25) is 0 Å². The van der Waals surface area contributed by atoms with Crippen LogP contribution in [0.1, 0.15) is 24.0 Å². The maximum atomic E-state index is 12.6. The average Bonchev–Trinajstić information content (AvgIpc) is 2.17. The second kappa shape index (κ2) is 4.66. The largest absolute Gasteiger partial charge is 0.396 e. The quantitative estimate of drug-likeness (QED) is 0.827. The van der Waals surface area contributed by atoms with E-state index in [1.54, 1.807) is 12.1 Å². The summed E-state index contributed by atoms with van der Waals surface area (Å²) in [4.78, 5) is 0. The van der Waals surface area contributed by atoms with Crippen LogP contribution in [0.5, 0.6) is 0 Å². The van der Waals surface area contributed by atoms with E-state index in [1.165, 1.54) is 6.07 Å². The highest BCUT2D eigenvalue weighted by Crippen LogP contribution is 2.34. The lowest BCUT2D eigenvalue weighted by molar-refractivity contribution is -0.148. The van der Waals surface area contributed by atoms with E-state index >= 15 is 0 Å². The van der Waals surface area contributed by atoms with Crippen LogP contribution in [0.15, 0.2) is 24.3 Å².